The van der Waals surface area contributed by atoms with Gasteiger partial charge in [-0.2, -0.15) is 0 Å². The van der Waals surface area contributed by atoms with Crippen LogP contribution < -0.4 is 0 Å². The highest BCUT2D eigenvalue weighted by molar-refractivity contribution is 5.84. The van der Waals surface area contributed by atoms with E-state index in [2.05, 4.69) is 0 Å². The molecule has 0 spiro atoms. The number of carbonyl (C=O) groups is 2. The molecule has 2 rings (SSSR count). The Hall–Kier alpha value is -1.88. The fraction of sp³-hybridized carbons (Fsp3) is 0.500. The van der Waals surface area contributed by atoms with Crippen LogP contribution in [0.5, 0.6) is 0 Å². The average Bonchev–Trinajstić information content (AvgIpc) is 2.47. The van der Waals surface area contributed by atoms with Gasteiger partial charge in [0.15, 0.2) is 6.04 Å². The standard InChI is InChI=1S/C16H21NO4/c1-16(2,12-6-4-3-5-7-12)10-14(18)17-8-9-21-11-13(17)15(19)20/h3-7,13H,8-11H2,1-2H3,(H,19,20)/t13-/m0/s1. The molecule has 0 unspecified atom stereocenters. The van der Waals surface area contributed by atoms with Crippen molar-refractivity contribution in [2.24, 2.45) is 0 Å². The quantitative estimate of drug-likeness (QED) is 0.916. The minimum atomic E-state index is -1.01. The van der Waals surface area contributed by atoms with E-state index in [0.717, 1.165) is 5.56 Å². The Bertz CT molecular complexity index is 512. The van der Waals surface area contributed by atoms with E-state index in [1.807, 2.05) is 44.2 Å². The lowest BCUT2D eigenvalue weighted by atomic mass is 9.81. The van der Waals surface area contributed by atoms with Gasteiger partial charge in [0.1, 0.15) is 0 Å². The highest BCUT2D eigenvalue weighted by Gasteiger charge is 2.35. The fourth-order valence-corrected chi connectivity index (χ4v) is 2.58. The fourth-order valence-electron chi connectivity index (χ4n) is 2.58. The van der Waals surface area contributed by atoms with Crippen LogP contribution in [-0.2, 0) is 19.7 Å². The summed E-state index contributed by atoms with van der Waals surface area (Å²) < 4.78 is 5.16. The van der Waals surface area contributed by atoms with Gasteiger partial charge in [-0.05, 0) is 11.0 Å². The third kappa shape index (κ3) is 3.61. The van der Waals surface area contributed by atoms with Crippen LogP contribution in [0, 0.1) is 0 Å². The summed E-state index contributed by atoms with van der Waals surface area (Å²) >= 11 is 0. The molecule has 114 valence electrons. The molecule has 1 aromatic carbocycles. The number of benzene rings is 1. The molecule has 1 atom stereocenters. The van der Waals surface area contributed by atoms with Crippen molar-refractivity contribution in [3.05, 3.63) is 35.9 Å². The summed E-state index contributed by atoms with van der Waals surface area (Å²) in [6, 6.07) is 8.91. The number of amides is 1. The first kappa shape index (κ1) is 15.5. The molecule has 0 radical (unpaired) electrons. The predicted octanol–water partition coefficient (Wildman–Crippen LogP) is 1.67. The zero-order chi connectivity index (χ0) is 15.5. The van der Waals surface area contributed by atoms with Crippen molar-refractivity contribution in [1.29, 1.82) is 0 Å². The van der Waals surface area contributed by atoms with Crippen molar-refractivity contribution in [2.75, 3.05) is 19.8 Å². The maximum absolute atomic E-state index is 12.5. The summed E-state index contributed by atoms with van der Waals surface area (Å²) in [4.78, 5) is 25.2. The van der Waals surface area contributed by atoms with Crippen LogP contribution in [0.2, 0.25) is 0 Å². The van der Waals surface area contributed by atoms with E-state index in [1.165, 1.54) is 4.90 Å². The zero-order valence-corrected chi connectivity index (χ0v) is 12.4. The second-order valence-electron chi connectivity index (χ2n) is 5.94. The summed E-state index contributed by atoms with van der Waals surface area (Å²) in [7, 11) is 0. The van der Waals surface area contributed by atoms with E-state index in [9.17, 15) is 14.7 Å². The molecule has 5 nitrogen and oxygen atoms in total. The van der Waals surface area contributed by atoms with Crippen LogP contribution >= 0.6 is 0 Å². The molecule has 1 aliphatic heterocycles. The summed E-state index contributed by atoms with van der Waals surface area (Å²) in [5.41, 5.74) is 0.734. The minimum absolute atomic E-state index is 0.0623. The first-order valence-corrected chi connectivity index (χ1v) is 7.07. The van der Waals surface area contributed by atoms with Gasteiger partial charge in [-0.15, -0.1) is 0 Å². The molecule has 1 saturated heterocycles. The summed E-state index contributed by atoms with van der Waals surface area (Å²) in [6.45, 7) is 4.78. The van der Waals surface area contributed by atoms with E-state index in [-0.39, 0.29) is 24.3 Å². The lowest BCUT2D eigenvalue weighted by Crippen LogP contribution is -2.53. The van der Waals surface area contributed by atoms with Crippen molar-refractivity contribution >= 4 is 11.9 Å². The number of carbonyl (C=O) groups excluding carboxylic acids is 1. The molecule has 5 heteroatoms. The van der Waals surface area contributed by atoms with Crippen LogP contribution in [0.15, 0.2) is 30.3 Å². The van der Waals surface area contributed by atoms with E-state index in [0.29, 0.717) is 13.2 Å². The molecule has 1 heterocycles. The monoisotopic (exact) mass is 291 g/mol. The molecule has 0 bridgehead atoms. The molecule has 21 heavy (non-hydrogen) atoms. The van der Waals surface area contributed by atoms with Crippen LogP contribution in [0.25, 0.3) is 0 Å². The summed E-state index contributed by atoms with van der Waals surface area (Å²) in [5.74, 6) is -1.15. The van der Waals surface area contributed by atoms with Gasteiger partial charge in [0, 0.05) is 13.0 Å². The van der Waals surface area contributed by atoms with Crippen molar-refractivity contribution in [3.8, 4) is 0 Å². The Morgan fingerprint density at radius 1 is 1.33 bits per heavy atom. The van der Waals surface area contributed by atoms with Crippen LogP contribution in [0.4, 0.5) is 0 Å². The normalized spacial score (nSPS) is 19.3. The summed E-state index contributed by atoms with van der Waals surface area (Å²) in [5, 5.41) is 9.20. The maximum atomic E-state index is 12.5. The third-order valence-electron chi connectivity index (χ3n) is 3.88. The zero-order valence-electron chi connectivity index (χ0n) is 12.4. The van der Waals surface area contributed by atoms with Gasteiger partial charge < -0.3 is 14.7 Å². The molecule has 0 aliphatic carbocycles. The largest absolute Gasteiger partial charge is 0.480 e. The van der Waals surface area contributed by atoms with Gasteiger partial charge in [-0.3, -0.25) is 4.79 Å². The summed E-state index contributed by atoms with van der Waals surface area (Å²) in [6.07, 6.45) is 0.279. The predicted molar refractivity (Wildman–Crippen MR) is 78.0 cm³/mol. The molecule has 1 fully saturated rings. The first-order chi connectivity index (χ1) is 9.92. The number of aliphatic carboxylic acids is 1. The first-order valence-electron chi connectivity index (χ1n) is 7.07. The number of hydrogen-bond donors (Lipinski definition) is 1. The van der Waals surface area contributed by atoms with Crippen molar-refractivity contribution in [2.45, 2.75) is 31.7 Å². The number of rotatable bonds is 4. The van der Waals surface area contributed by atoms with E-state index in [4.69, 9.17) is 4.74 Å². The Balaban J connectivity index is 2.11. The van der Waals surface area contributed by atoms with Gasteiger partial charge in [0.25, 0.3) is 0 Å². The maximum Gasteiger partial charge on any atom is 0.328 e. The Kier molecular flexibility index (Phi) is 4.63. The van der Waals surface area contributed by atoms with E-state index in [1.54, 1.807) is 0 Å². The van der Waals surface area contributed by atoms with Crippen LogP contribution in [0.3, 0.4) is 0 Å². The molecule has 0 saturated carbocycles. The lowest BCUT2D eigenvalue weighted by Gasteiger charge is -2.35. The van der Waals surface area contributed by atoms with Gasteiger partial charge >= 0.3 is 5.97 Å². The van der Waals surface area contributed by atoms with E-state index >= 15 is 0 Å². The molecule has 1 aromatic rings. The molecule has 1 N–H and O–H groups in total. The Labute approximate surface area is 124 Å². The Morgan fingerprint density at radius 3 is 2.62 bits per heavy atom. The van der Waals surface area contributed by atoms with Crippen LogP contribution in [-0.4, -0.2) is 47.7 Å². The molecule has 1 amide bonds. The van der Waals surface area contributed by atoms with Gasteiger partial charge in [0.2, 0.25) is 5.91 Å². The lowest BCUT2D eigenvalue weighted by molar-refractivity contribution is -0.158. The van der Waals surface area contributed by atoms with Crippen molar-refractivity contribution in [3.63, 3.8) is 0 Å². The second kappa shape index (κ2) is 6.26. The van der Waals surface area contributed by atoms with Gasteiger partial charge in [-0.25, -0.2) is 4.79 Å². The van der Waals surface area contributed by atoms with Gasteiger partial charge in [0.05, 0.1) is 13.2 Å². The molecular formula is C16H21NO4. The highest BCUT2D eigenvalue weighted by Crippen LogP contribution is 2.28. The third-order valence-corrected chi connectivity index (χ3v) is 3.88. The van der Waals surface area contributed by atoms with Crippen molar-refractivity contribution < 1.29 is 19.4 Å². The molecular weight excluding hydrogens is 270 g/mol. The average molecular weight is 291 g/mol. The SMILES string of the molecule is CC(C)(CC(=O)N1CCOC[C@H]1C(=O)O)c1ccccc1. The van der Waals surface area contributed by atoms with Crippen molar-refractivity contribution in [1.82, 2.24) is 4.90 Å². The second-order valence-corrected chi connectivity index (χ2v) is 5.94. The Morgan fingerprint density at radius 2 is 2.00 bits per heavy atom. The van der Waals surface area contributed by atoms with Gasteiger partial charge in [-0.1, -0.05) is 44.2 Å². The highest BCUT2D eigenvalue weighted by atomic mass is 16.5. The smallest absolute Gasteiger partial charge is 0.328 e. The number of morpholine rings is 1. The topological polar surface area (TPSA) is 66.8 Å². The number of nitrogens with zero attached hydrogens (tertiary/aromatic N) is 1. The van der Waals surface area contributed by atoms with Crippen LogP contribution in [0.1, 0.15) is 25.8 Å². The molecule has 0 aromatic heterocycles. The minimum Gasteiger partial charge on any atom is -0.480 e. The number of hydrogen-bond acceptors (Lipinski definition) is 3. The number of carboxylic acids is 1. The molecule has 1 aliphatic rings. The van der Waals surface area contributed by atoms with E-state index < -0.39 is 12.0 Å². The number of ether oxygens (including phenoxy) is 1. The number of carboxylic acid groups (broad SMARTS) is 1.